The lowest BCUT2D eigenvalue weighted by Crippen LogP contribution is -2.46. The van der Waals surface area contributed by atoms with Gasteiger partial charge in [-0.1, -0.05) is 25.0 Å². The zero-order valence-corrected chi connectivity index (χ0v) is 16.1. The number of pyridine rings is 1. The average molecular weight is 380 g/mol. The second kappa shape index (κ2) is 8.71. The van der Waals surface area contributed by atoms with E-state index in [-0.39, 0.29) is 0 Å². The Labute approximate surface area is 166 Å². The third-order valence-electron chi connectivity index (χ3n) is 5.86. The summed E-state index contributed by atoms with van der Waals surface area (Å²) >= 11 is 0. The van der Waals surface area contributed by atoms with Crippen molar-refractivity contribution in [2.24, 2.45) is 11.7 Å². The van der Waals surface area contributed by atoms with Crippen LogP contribution in [0.25, 0.3) is 0 Å². The highest BCUT2D eigenvalue weighted by molar-refractivity contribution is 5.92. The molecule has 4 rings (SSSR count). The number of nitrogens with one attached hydrogen (secondary N) is 1. The number of ether oxygens (including phenoxy) is 1. The molecule has 1 saturated carbocycles. The molecule has 2 aliphatic rings. The fourth-order valence-electron chi connectivity index (χ4n) is 4.45. The summed E-state index contributed by atoms with van der Waals surface area (Å²) in [4.78, 5) is 17.9. The summed E-state index contributed by atoms with van der Waals surface area (Å²) in [5.41, 5.74) is 6.99. The summed E-state index contributed by atoms with van der Waals surface area (Å²) in [5.74, 6) is 1.45. The second-order valence-corrected chi connectivity index (χ2v) is 7.70. The van der Waals surface area contributed by atoms with Crippen molar-refractivity contribution in [1.82, 2.24) is 15.2 Å². The van der Waals surface area contributed by atoms with E-state index in [1.54, 1.807) is 12.1 Å². The van der Waals surface area contributed by atoms with Gasteiger partial charge in [0.2, 0.25) is 11.8 Å². The lowest BCUT2D eigenvalue weighted by molar-refractivity contribution is 0.1000. The van der Waals surface area contributed by atoms with Crippen LogP contribution < -0.4 is 15.8 Å². The molecule has 0 bridgehead atoms. The van der Waals surface area contributed by atoms with Crippen LogP contribution in [0.2, 0.25) is 0 Å². The maximum Gasteiger partial charge on any atom is 0.250 e. The number of benzene rings is 1. The molecule has 0 spiro atoms. The maximum absolute atomic E-state index is 11.1. The minimum atomic E-state index is -0.491. The Hall–Kier alpha value is -2.44. The SMILES string of the molecule is NC(=O)c1ccc(Oc2ccc(C(C3CCCC3)N3CCNCC3)cc2)nc1. The minimum absolute atomic E-state index is 0.373. The Morgan fingerprint density at radius 3 is 2.43 bits per heavy atom. The van der Waals surface area contributed by atoms with Crippen LogP contribution in [-0.2, 0) is 0 Å². The van der Waals surface area contributed by atoms with Crippen molar-refractivity contribution in [2.45, 2.75) is 31.7 Å². The summed E-state index contributed by atoms with van der Waals surface area (Å²) in [6.07, 6.45) is 6.78. The van der Waals surface area contributed by atoms with Crippen LogP contribution in [0.4, 0.5) is 0 Å². The Balaban J connectivity index is 1.48. The van der Waals surface area contributed by atoms with Gasteiger partial charge in [0.25, 0.3) is 0 Å². The van der Waals surface area contributed by atoms with Gasteiger partial charge in [-0.3, -0.25) is 9.69 Å². The van der Waals surface area contributed by atoms with E-state index in [1.165, 1.54) is 37.4 Å². The number of carbonyl (C=O) groups is 1. The lowest BCUT2D eigenvalue weighted by Gasteiger charge is -2.38. The first kappa shape index (κ1) is 18.9. The van der Waals surface area contributed by atoms with Gasteiger partial charge in [-0.25, -0.2) is 4.98 Å². The third kappa shape index (κ3) is 4.34. The fraction of sp³-hybridized carbons (Fsp3) is 0.455. The monoisotopic (exact) mass is 380 g/mol. The number of piperazine rings is 1. The molecule has 148 valence electrons. The number of hydrogen-bond acceptors (Lipinski definition) is 5. The Morgan fingerprint density at radius 1 is 1.11 bits per heavy atom. The summed E-state index contributed by atoms with van der Waals surface area (Å²) in [5, 5.41) is 3.46. The number of amides is 1. The topological polar surface area (TPSA) is 80.5 Å². The molecule has 1 aliphatic heterocycles. The van der Waals surface area contributed by atoms with Gasteiger partial charge in [0, 0.05) is 44.5 Å². The molecule has 2 fully saturated rings. The highest BCUT2D eigenvalue weighted by Gasteiger charge is 2.31. The van der Waals surface area contributed by atoms with E-state index in [1.807, 2.05) is 12.1 Å². The van der Waals surface area contributed by atoms with Crippen molar-refractivity contribution < 1.29 is 9.53 Å². The van der Waals surface area contributed by atoms with Crippen LogP contribution in [-0.4, -0.2) is 42.0 Å². The number of nitrogens with zero attached hydrogens (tertiary/aromatic N) is 2. The number of rotatable bonds is 6. The molecule has 1 aromatic heterocycles. The van der Waals surface area contributed by atoms with Gasteiger partial charge >= 0.3 is 0 Å². The van der Waals surface area contributed by atoms with Crippen molar-refractivity contribution in [3.63, 3.8) is 0 Å². The maximum atomic E-state index is 11.1. The fourth-order valence-corrected chi connectivity index (χ4v) is 4.45. The minimum Gasteiger partial charge on any atom is -0.439 e. The van der Waals surface area contributed by atoms with Gasteiger partial charge in [-0.05, 0) is 42.5 Å². The van der Waals surface area contributed by atoms with Crippen molar-refractivity contribution in [3.05, 3.63) is 53.7 Å². The standard InChI is InChI=1S/C22H28N4O2/c23-22(27)18-7-10-20(25-15-18)28-19-8-5-17(6-9-19)21(16-3-1-2-4-16)26-13-11-24-12-14-26/h5-10,15-16,21,24H,1-4,11-14H2,(H2,23,27). The quantitative estimate of drug-likeness (QED) is 0.805. The van der Waals surface area contributed by atoms with E-state index >= 15 is 0 Å². The van der Waals surface area contributed by atoms with E-state index in [0.717, 1.165) is 37.8 Å². The largest absolute Gasteiger partial charge is 0.439 e. The predicted molar refractivity (Wildman–Crippen MR) is 108 cm³/mol. The zero-order valence-electron chi connectivity index (χ0n) is 16.1. The molecule has 1 aromatic carbocycles. The van der Waals surface area contributed by atoms with Crippen LogP contribution in [0.1, 0.15) is 47.6 Å². The number of aromatic nitrogens is 1. The lowest BCUT2D eigenvalue weighted by atomic mass is 9.89. The highest BCUT2D eigenvalue weighted by atomic mass is 16.5. The first-order valence-electron chi connectivity index (χ1n) is 10.2. The molecule has 2 heterocycles. The smallest absolute Gasteiger partial charge is 0.250 e. The predicted octanol–water partition coefficient (Wildman–Crippen LogP) is 3.11. The van der Waals surface area contributed by atoms with Crippen LogP contribution in [0.3, 0.4) is 0 Å². The molecule has 28 heavy (non-hydrogen) atoms. The first-order valence-corrected chi connectivity index (χ1v) is 10.2. The van der Waals surface area contributed by atoms with E-state index in [4.69, 9.17) is 10.5 Å². The normalized spacial score (nSPS) is 19.4. The van der Waals surface area contributed by atoms with Gasteiger partial charge in [0.15, 0.2) is 0 Å². The van der Waals surface area contributed by atoms with E-state index in [0.29, 0.717) is 17.5 Å². The average Bonchev–Trinajstić information content (AvgIpc) is 3.25. The first-order chi connectivity index (χ1) is 13.7. The van der Waals surface area contributed by atoms with Crippen molar-refractivity contribution in [2.75, 3.05) is 26.2 Å². The number of hydrogen-bond donors (Lipinski definition) is 2. The van der Waals surface area contributed by atoms with Crippen LogP contribution in [0.15, 0.2) is 42.6 Å². The molecule has 1 aliphatic carbocycles. The molecule has 1 atom stereocenters. The van der Waals surface area contributed by atoms with E-state index in [9.17, 15) is 4.79 Å². The summed E-state index contributed by atoms with van der Waals surface area (Å²) in [6.45, 7) is 4.35. The zero-order chi connectivity index (χ0) is 19.3. The molecular formula is C22H28N4O2. The highest BCUT2D eigenvalue weighted by Crippen LogP contribution is 2.40. The molecule has 1 amide bonds. The van der Waals surface area contributed by atoms with Crippen molar-refractivity contribution in [1.29, 1.82) is 0 Å². The van der Waals surface area contributed by atoms with E-state index < -0.39 is 5.91 Å². The molecule has 6 nitrogen and oxygen atoms in total. The Bertz CT molecular complexity index is 779. The van der Waals surface area contributed by atoms with Gasteiger partial charge in [-0.2, -0.15) is 0 Å². The van der Waals surface area contributed by atoms with E-state index in [2.05, 4.69) is 27.3 Å². The Kier molecular flexibility index (Phi) is 5.88. The Morgan fingerprint density at radius 2 is 1.82 bits per heavy atom. The third-order valence-corrected chi connectivity index (χ3v) is 5.86. The molecule has 0 radical (unpaired) electrons. The number of nitrogens with two attached hydrogens (primary N) is 1. The van der Waals surface area contributed by atoms with Crippen LogP contribution in [0, 0.1) is 5.92 Å². The van der Waals surface area contributed by atoms with Gasteiger partial charge in [0.05, 0.1) is 5.56 Å². The van der Waals surface area contributed by atoms with Crippen molar-refractivity contribution >= 4 is 5.91 Å². The molecule has 2 aromatic rings. The molecule has 3 N–H and O–H groups in total. The summed E-state index contributed by atoms with van der Waals surface area (Å²) in [6, 6.07) is 12.2. The summed E-state index contributed by atoms with van der Waals surface area (Å²) < 4.78 is 5.83. The van der Waals surface area contributed by atoms with Crippen molar-refractivity contribution in [3.8, 4) is 11.6 Å². The number of primary amides is 1. The summed E-state index contributed by atoms with van der Waals surface area (Å²) in [7, 11) is 0. The van der Waals surface area contributed by atoms with Gasteiger partial charge in [-0.15, -0.1) is 0 Å². The molecule has 6 heteroatoms. The number of carbonyl (C=O) groups excluding carboxylic acids is 1. The second-order valence-electron chi connectivity index (χ2n) is 7.70. The van der Waals surface area contributed by atoms with Crippen LogP contribution >= 0.6 is 0 Å². The molecule has 1 unspecified atom stereocenters. The molecular weight excluding hydrogens is 352 g/mol. The van der Waals surface area contributed by atoms with Crippen LogP contribution in [0.5, 0.6) is 11.6 Å². The van der Waals surface area contributed by atoms with Gasteiger partial charge in [0.1, 0.15) is 5.75 Å². The molecule has 1 saturated heterocycles. The van der Waals surface area contributed by atoms with Gasteiger partial charge < -0.3 is 15.8 Å².